The molecule has 0 aliphatic heterocycles. The summed E-state index contributed by atoms with van der Waals surface area (Å²) in [5.74, 6) is 4.78. The van der Waals surface area contributed by atoms with Crippen LogP contribution in [0, 0.1) is 0 Å². The molecule has 76 valence electrons. The van der Waals surface area contributed by atoms with E-state index in [4.69, 9.17) is 0 Å². The van der Waals surface area contributed by atoms with Gasteiger partial charge in [0.2, 0.25) is 0 Å². The Morgan fingerprint density at radius 3 is 2.14 bits per heavy atom. The summed E-state index contributed by atoms with van der Waals surface area (Å²) in [6.07, 6.45) is 0. The highest BCUT2D eigenvalue weighted by molar-refractivity contribution is 6.52. The fraction of sp³-hybridized carbons (Fsp3) is 0.500. The van der Waals surface area contributed by atoms with Crippen LogP contribution in [-0.2, 0) is 6.54 Å². The largest absolute Gasteiger partial charge is 0.379 e. The second-order valence-corrected chi connectivity index (χ2v) is 7.20. The lowest BCUT2D eigenvalue weighted by atomic mass is 10.2. The molecule has 0 saturated carbocycles. The monoisotopic (exact) mass is 205 g/mol. The Morgan fingerprint density at radius 1 is 1.14 bits per heavy atom. The third-order valence-electron chi connectivity index (χ3n) is 2.53. The first-order valence-electron chi connectivity index (χ1n) is 5.41. The number of benzene rings is 1. The Morgan fingerprint density at radius 2 is 1.71 bits per heavy atom. The van der Waals surface area contributed by atoms with Gasteiger partial charge >= 0.3 is 14.4 Å². The summed E-state index contributed by atoms with van der Waals surface area (Å²) >= 11 is -0.680. The molecule has 14 heavy (non-hydrogen) atoms. The van der Waals surface area contributed by atoms with Crippen LogP contribution in [0.1, 0.15) is 19.4 Å². The molecule has 0 heterocycles. The molecule has 1 aromatic carbocycles. The minimum Gasteiger partial charge on any atom is -0.379 e. The van der Waals surface area contributed by atoms with Gasteiger partial charge in [0.15, 0.2) is 0 Å². The van der Waals surface area contributed by atoms with Gasteiger partial charge in [-0.25, -0.2) is 0 Å². The van der Waals surface area contributed by atoms with E-state index in [1.165, 1.54) is 5.56 Å². The zero-order valence-electron chi connectivity index (χ0n) is 9.70. The quantitative estimate of drug-likeness (QED) is 0.682. The van der Waals surface area contributed by atoms with Crippen LogP contribution in [0.4, 0.5) is 0 Å². The number of hydrogen-bond acceptors (Lipinski definition) is 1. The standard InChI is InChI=1S/C10H14N.2CH3.Al/c1-9(2)11-8-10-6-4-3-5-7-10;;;/h3-7,9H,8H2,1-2H3;2*1H3;/q-1;;;+1. The highest BCUT2D eigenvalue weighted by atomic mass is 27.2. The molecule has 0 saturated heterocycles. The summed E-state index contributed by atoms with van der Waals surface area (Å²) < 4.78 is 2.63. The van der Waals surface area contributed by atoms with E-state index in [2.05, 4.69) is 59.6 Å². The highest BCUT2D eigenvalue weighted by Gasteiger charge is 2.17. The molecule has 0 fully saturated rings. The van der Waals surface area contributed by atoms with Crippen LogP contribution in [0.5, 0.6) is 0 Å². The molecule has 0 N–H and O–H groups in total. The number of hydrogen-bond donors (Lipinski definition) is 0. The molecular formula is C12H20AlN. The van der Waals surface area contributed by atoms with Crippen molar-refractivity contribution in [2.24, 2.45) is 0 Å². The first kappa shape index (κ1) is 11.8. The van der Waals surface area contributed by atoms with Crippen molar-refractivity contribution in [1.29, 1.82) is 0 Å². The molecule has 2 heteroatoms. The normalized spacial score (nSPS) is 11.0. The minimum atomic E-state index is -0.680. The molecular weight excluding hydrogens is 185 g/mol. The summed E-state index contributed by atoms with van der Waals surface area (Å²) in [5, 5.41) is 0. The molecule has 0 aromatic heterocycles. The second kappa shape index (κ2) is 5.56. The lowest BCUT2D eigenvalue weighted by molar-refractivity contribution is 0.357. The molecule has 0 unspecified atom stereocenters. The maximum absolute atomic E-state index is 2.63. The Bertz CT molecular complexity index is 248. The highest BCUT2D eigenvalue weighted by Crippen LogP contribution is 2.09. The number of nitrogens with zero attached hydrogens (tertiary/aromatic N) is 1. The molecule has 0 radical (unpaired) electrons. The summed E-state index contributed by atoms with van der Waals surface area (Å²) in [6, 6.07) is 11.4. The van der Waals surface area contributed by atoms with Crippen molar-refractivity contribution < 1.29 is 0 Å². The van der Waals surface area contributed by atoms with Gasteiger partial charge in [-0.1, -0.05) is 55.8 Å². The molecule has 0 aliphatic carbocycles. The SMILES string of the molecule is CC(C)[N](Cc1ccccc1)[Al]([CH3])[CH3]. The van der Waals surface area contributed by atoms with Crippen molar-refractivity contribution in [2.45, 2.75) is 38.0 Å². The van der Waals surface area contributed by atoms with Crippen LogP contribution in [-0.4, -0.2) is 24.3 Å². The van der Waals surface area contributed by atoms with Crippen molar-refractivity contribution in [2.75, 3.05) is 0 Å². The van der Waals surface area contributed by atoms with Crippen LogP contribution in [0.15, 0.2) is 30.3 Å². The van der Waals surface area contributed by atoms with Gasteiger partial charge in [-0.15, -0.1) is 0 Å². The van der Waals surface area contributed by atoms with Crippen molar-refractivity contribution in [3.63, 3.8) is 0 Å². The average Bonchev–Trinajstić information content (AvgIpc) is 2.15. The minimum absolute atomic E-state index is 0.668. The van der Waals surface area contributed by atoms with Gasteiger partial charge in [0, 0.05) is 6.54 Å². The van der Waals surface area contributed by atoms with Crippen LogP contribution >= 0.6 is 0 Å². The van der Waals surface area contributed by atoms with Crippen LogP contribution in [0.2, 0.25) is 11.6 Å². The molecule has 1 rings (SSSR count). The van der Waals surface area contributed by atoms with E-state index in [1.807, 2.05) is 0 Å². The Balaban J connectivity index is 2.65. The van der Waals surface area contributed by atoms with Crippen molar-refractivity contribution in [1.82, 2.24) is 3.88 Å². The van der Waals surface area contributed by atoms with Gasteiger partial charge in [0.1, 0.15) is 0 Å². The fourth-order valence-electron chi connectivity index (χ4n) is 1.76. The van der Waals surface area contributed by atoms with Gasteiger partial charge in [0.05, 0.1) is 0 Å². The lowest BCUT2D eigenvalue weighted by Crippen LogP contribution is -2.39. The van der Waals surface area contributed by atoms with Crippen LogP contribution in [0.25, 0.3) is 0 Å². The molecule has 0 spiro atoms. The first-order chi connectivity index (χ1) is 6.61. The van der Waals surface area contributed by atoms with E-state index in [0.717, 1.165) is 6.54 Å². The third kappa shape index (κ3) is 3.46. The van der Waals surface area contributed by atoms with E-state index in [-0.39, 0.29) is 0 Å². The van der Waals surface area contributed by atoms with Crippen LogP contribution < -0.4 is 0 Å². The van der Waals surface area contributed by atoms with E-state index >= 15 is 0 Å². The van der Waals surface area contributed by atoms with Gasteiger partial charge < -0.3 is 3.88 Å². The lowest BCUT2D eigenvalue weighted by Gasteiger charge is -2.29. The van der Waals surface area contributed by atoms with Crippen molar-refractivity contribution in [3.05, 3.63) is 35.9 Å². The van der Waals surface area contributed by atoms with Crippen molar-refractivity contribution in [3.8, 4) is 0 Å². The fourth-order valence-corrected chi connectivity index (χ4v) is 3.52. The smallest absolute Gasteiger partial charge is 0.366 e. The first-order valence-corrected chi connectivity index (χ1v) is 8.23. The molecule has 1 aromatic rings. The van der Waals surface area contributed by atoms with Crippen molar-refractivity contribution >= 4 is 14.4 Å². The molecule has 0 amide bonds. The maximum atomic E-state index is 2.63. The van der Waals surface area contributed by atoms with Crippen LogP contribution in [0.3, 0.4) is 0 Å². The summed E-state index contributed by atoms with van der Waals surface area (Å²) in [6.45, 7) is 5.69. The van der Waals surface area contributed by atoms with Gasteiger partial charge in [-0.3, -0.25) is 0 Å². The second-order valence-electron chi connectivity index (χ2n) is 4.35. The zero-order valence-corrected chi connectivity index (χ0v) is 10.9. The van der Waals surface area contributed by atoms with E-state index in [1.54, 1.807) is 0 Å². The number of rotatable bonds is 4. The Labute approximate surface area is 92.3 Å². The topological polar surface area (TPSA) is 3.24 Å². The van der Waals surface area contributed by atoms with Gasteiger partial charge in [-0.05, 0) is 11.6 Å². The Hall–Kier alpha value is -0.288. The predicted molar refractivity (Wildman–Crippen MR) is 64.6 cm³/mol. The molecule has 0 atom stereocenters. The molecule has 1 nitrogen and oxygen atoms in total. The maximum Gasteiger partial charge on any atom is 0.366 e. The van der Waals surface area contributed by atoms with E-state index in [0.29, 0.717) is 6.04 Å². The van der Waals surface area contributed by atoms with E-state index in [9.17, 15) is 0 Å². The third-order valence-corrected chi connectivity index (χ3v) is 4.64. The average molecular weight is 205 g/mol. The predicted octanol–water partition coefficient (Wildman–Crippen LogP) is 3.15. The molecule has 0 aliphatic rings. The van der Waals surface area contributed by atoms with E-state index < -0.39 is 14.4 Å². The summed E-state index contributed by atoms with van der Waals surface area (Å²) in [7, 11) is 0. The zero-order chi connectivity index (χ0) is 10.6. The van der Waals surface area contributed by atoms with Gasteiger partial charge in [0.25, 0.3) is 0 Å². The molecule has 0 bridgehead atoms. The Kier molecular flexibility index (Phi) is 4.68. The summed E-state index contributed by atoms with van der Waals surface area (Å²) in [5.41, 5.74) is 1.43. The van der Waals surface area contributed by atoms with Gasteiger partial charge in [-0.2, -0.15) is 0 Å². The summed E-state index contributed by atoms with van der Waals surface area (Å²) in [4.78, 5) is 0.